The second-order valence-corrected chi connectivity index (χ2v) is 5.14. The molecule has 3 aromatic rings. The summed E-state index contributed by atoms with van der Waals surface area (Å²) in [6, 6.07) is 15.1. The molecule has 0 fully saturated rings. The van der Waals surface area contributed by atoms with Crippen molar-refractivity contribution in [1.82, 2.24) is 4.98 Å². The highest BCUT2D eigenvalue weighted by molar-refractivity contribution is 6.30. The number of terminal acetylenes is 1. The van der Waals surface area contributed by atoms with Crippen LogP contribution in [0.3, 0.4) is 0 Å². The fourth-order valence-corrected chi connectivity index (χ4v) is 2.16. The van der Waals surface area contributed by atoms with E-state index in [0.717, 1.165) is 16.8 Å². The zero-order valence-corrected chi connectivity index (χ0v) is 12.5. The van der Waals surface area contributed by atoms with Gasteiger partial charge < -0.3 is 9.73 Å². The Labute approximate surface area is 134 Å². The zero-order valence-electron chi connectivity index (χ0n) is 11.7. The molecule has 0 saturated carbocycles. The minimum absolute atomic E-state index is 0.488. The summed E-state index contributed by atoms with van der Waals surface area (Å²) in [6.45, 7) is 0.488. The van der Waals surface area contributed by atoms with Gasteiger partial charge in [-0.15, -0.1) is 6.42 Å². The molecule has 0 aliphatic rings. The van der Waals surface area contributed by atoms with E-state index >= 15 is 0 Å². The van der Waals surface area contributed by atoms with E-state index < -0.39 is 0 Å². The Bertz CT molecular complexity index is 816. The van der Waals surface area contributed by atoms with E-state index in [1.807, 2.05) is 48.5 Å². The number of anilines is 1. The topological polar surface area (TPSA) is 38.1 Å². The fourth-order valence-electron chi connectivity index (χ4n) is 2.04. The molecule has 1 aromatic heterocycles. The van der Waals surface area contributed by atoms with E-state index in [0.29, 0.717) is 23.2 Å². The highest BCUT2D eigenvalue weighted by atomic mass is 35.5. The summed E-state index contributed by atoms with van der Waals surface area (Å²) >= 11 is 5.88. The molecule has 0 saturated heterocycles. The van der Waals surface area contributed by atoms with E-state index in [9.17, 15) is 0 Å². The molecule has 1 N–H and O–H groups in total. The van der Waals surface area contributed by atoms with Crippen LogP contribution in [0.15, 0.2) is 59.1 Å². The fraction of sp³-hybridized carbons (Fsp3) is 0.0556. The predicted octanol–water partition coefficient (Wildman–Crippen LogP) is 4.59. The Morgan fingerprint density at radius 3 is 2.77 bits per heavy atom. The van der Waals surface area contributed by atoms with Crippen molar-refractivity contribution in [2.45, 2.75) is 6.54 Å². The summed E-state index contributed by atoms with van der Waals surface area (Å²) in [7, 11) is 0. The third-order valence-corrected chi connectivity index (χ3v) is 3.41. The molecule has 1 heterocycles. The van der Waals surface area contributed by atoms with Crippen molar-refractivity contribution in [1.29, 1.82) is 0 Å². The lowest BCUT2D eigenvalue weighted by Crippen LogP contribution is -1.99. The molecule has 22 heavy (non-hydrogen) atoms. The van der Waals surface area contributed by atoms with Crippen molar-refractivity contribution in [3.63, 3.8) is 0 Å². The van der Waals surface area contributed by atoms with Crippen LogP contribution in [-0.4, -0.2) is 4.98 Å². The Kier molecular flexibility index (Phi) is 4.13. The summed E-state index contributed by atoms with van der Waals surface area (Å²) in [5.74, 6) is 3.93. The van der Waals surface area contributed by atoms with Crippen LogP contribution in [-0.2, 0) is 6.54 Å². The van der Waals surface area contributed by atoms with Gasteiger partial charge in [0.15, 0.2) is 5.76 Å². The summed E-state index contributed by atoms with van der Waals surface area (Å²) in [5.41, 5.74) is 2.71. The number of halogens is 1. The van der Waals surface area contributed by atoms with Crippen molar-refractivity contribution in [2.24, 2.45) is 0 Å². The van der Waals surface area contributed by atoms with Crippen molar-refractivity contribution in [3.05, 3.63) is 71.2 Å². The first-order valence-electron chi connectivity index (χ1n) is 6.76. The molecule has 108 valence electrons. The van der Waals surface area contributed by atoms with Gasteiger partial charge in [0.25, 0.3) is 0 Å². The van der Waals surface area contributed by atoms with Crippen molar-refractivity contribution in [2.75, 3.05) is 5.32 Å². The second-order valence-electron chi connectivity index (χ2n) is 4.70. The molecule has 0 amide bonds. The smallest absolute Gasteiger partial charge is 0.214 e. The van der Waals surface area contributed by atoms with Gasteiger partial charge in [-0.2, -0.15) is 0 Å². The molecule has 0 atom stereocenters. The molecular weight excluding hydrogens is 296 g/mol. The largest absolute Gasteiger partial charge is 0.439 e. The maximum absolute atomic E-state index is 5.88. The molecule has 0 spiro atoms. The lowest BCUT2D eigenvalue weighted by Gasteiger charge is -2.04. The Hall–Kier alpha value is -2.70. The molecule has 3 rings (SSSR count). The molecule has 0 aliphatic carbocycles. The Morgan fingerprint density at radius 1 is 1.18 bits per heavy atom. The number of nitrogens with zero attached hydrogens (tertiary/aromatic N) is 1. The summed E-state index contributed by atoms with van der Waals surface area (Å²) in [4.78, 5) is 4.27. The average Bonchev–Trinajstić information content (AvgIpc) is 3.03. The standard InChI is InChI=1S/C18H13ClN2O/c1-2-13-4-3-5-16(10-13)20-12-18-21-11-17(22-18)14-6-8-15(19)9-7-14/h1,3-11,20H,12H2. The van der Waals surface area contributed by atoms with Crippen LogP contribution in [0, 0.1) is 12.3 Å². The number of nitrogens with one attached hydrogen (secondary N) is 1. The van der Waals surface area contributed by atoms with Crippen LogP contribution < -0.4 is 5.32 Å². The van der Waals surface area contributed by atoms with E-state index in [1.165, 1.54) is 0 Å². The molecular formula is C18H13ClN2O. The van der Waals surface area contributed by atoms with Gasteiger partial charge in [0, 0.05) is 21.8 Å². The third-order valence-electron chi connectivity index (χ3n) is 3.16. The summed E-state index contributed by atoms with van der Waals surface area (Å²) in [5, 5.41) is 3.93. The van der Waals surface area contributed by atoms with Gasteiger partial charge in [0.05, 0.1) is 12.7 Å². The molecule has 0 unspecified atom stereocenters. The Balaban J connectivity index is 1.69. The first-order valence-corrected chi connectivity index (χ1v) is 7.13. The number of rotatable bonds is 4. The lowest BCUT2D eigenvalue weighted by molar-refractivity contribution is 0.516. The molecule has 2 aromatic carbocycles. The SMILES string of the molecule is C#Cc1cccc(NCc2ncc(-c3ccc(Cl)cc3)o2)c1. The van der Waals surface area contributed by atoms with Gasteiger partial charge in [-0.25, -0.2) is 4.98 Å². The van der Waals surface area contributed by atoms with Crippen molar-refractivity contribution in [3.8, 4) is 23.7 Å². The van der Waals surface area contributed by atoms with Crippen molar-refractivity contribution < 1.29 is 4.42 Å². The lowest BCUT2D eigenvalue weighted by atomic mass is 10.2. The zero-order chi connectivity index (χ0) is 15.4. The van der Waals surface area contributed by atoms with Crippen LogP contribution in [0.4, 0.5) is 5.69 Å². The minimum Gasteiger partial charge on any atom is -0.439 e. The predicted molar refractivity (Wildman–Crippen MR) is 88.7 cm³/mol. The molecule has 0 radical (unpaired) electrons. The third kappa shape index (κ3) is 3.30. The summed E-state index contributed by atoms with van der Waals surface area (Å²) in [6.07, 6.45) is 7.09. The molecule has 4 heteroatoms. The average molecular weight is 309 g/mol. The van der Waals surface area contributed by atoms with Crippen LogP contribution >= 0.6 is 11.6 Å². The monoisotopic (exact) mass is 308 g/mol. The normalized spacial score (nSPS) is 10.2. The summed E-state index contributed by atoms with van der Waals surface area (Å²) < 4.78 is 5.73. The van der Waals surface area contributed by atoms with Crippen LogP contribution in [0.2, 0.25) is 5.02 Å². The van der Waals surface area contributed by atoms with Crippen LogP contribution in [0.5, 0.6) is 0 Å². The molecule has 3 nitrogen and oxygen atoms in total. The number of benzene rings is 2. The quantitative estimate of drug-likeness (QED) is 0.716. The van der Waals surface area contributed by atoms with E-state index in [-0.39, 0.29) is 0 Å². The number of hydrogen-bond donors (Lipinski definition) is 1. The maximum Gasteiger partial charge on any atom is 0.214 e. The first kappa shape index (κ1) is 14.2. The number of aromatic nitrogens is 1. The number of oxazole rings is 1. The van der Waals surface area contributed by atoms with Gasteiger partial charge in [0.1, 0.15) is 0 Å². The second kappa shape index (κ2) is 6.38. The highest BCUT2D eigenvalue weighted by Crippen LogP contribution is 2.22. The van der Waals surface area contributed by atoms with Gasteiger partial charge >= 0.3 is 0 Å². The van der Waals surface area contributed by atoms with Gasteiger partial charge in [-0.3, -0.25) is 0 Å². The van der Waals surface area contributed by atoms with Crippen molar-refractivity contribution >= 4 is 17.3 Å². The van der Waals surface area contributed by atoms with Crippen LogP contribution in [0.1, 0.15) is 11.5 Å². The van der Waals surface area contributed by atoms with Crippen LogP contribution in [0.25, 0.3) is 11.3 Å². The Morgan fingerprint density at radius 2 is 2.00 bits per heavy atom. The highest BCUT2D eigenvalue weighted by Gasteiger charge is 2.06. The molecule has 0 aliphatic heterocycles. The minimum atomic E-state index is 0.488. The van der Waals surface area contributed by atoms with Gasteiger partial charge in [-0.1, -0.05) is 23.6 Å². The van der Waals surface area contributed by atoms with Gasteiger partial charge in [-0.05, 0) is 42.5 Å². The first-order chi connectivity index (χ1) is 10.7. The maximum atomic E-state index is 5.88. The van der Waals surface area contributed by atoms with E-state index in [2.05, 4.69) is 16.2 Å². The number of hydrogen-bond acceptors (Lipinski definition) is 3. The van der Waals surface area contributed by atoms with E-state index in [4.69, 9.17) is 22.4 Å². The molecule has 0 bridgehead atoms. The van der Waals surface area contributed by atoms with E-state index in [1.54, 1.807) is 6.20 Å². The van der Waals surface area contributed by atoms with Gasteiger partial charge in [0.2, 0.25) is 5.89 Å².